The molecule has 0 spiro atoms. The first-order chi connectivity index (χ1) is 9.36. The first kappa shape index (κ1) is 17.9. The highest BCUT2D eigenvalue weighted by atomic mass is 35.5. The Morgan fingerprint density at radius 1 is 1.38 bits per heavy atom. The molecule has 3 N–H and O–H groups in total. The van der Waals surface area contributed by atoms with E-state index in [1.54, 1.807) is 0 Å². The van der Waals surface area contributed by atoms with Crippen LogP contribution in [0.1, 0.15) is 42.6 Å². The van der Waals surface area contributed by atoms with Crippen molar-refractivity contribution in [3.8, 4) is 0 Å². The van der Waals surface area contributed by atoms with Gasteiger partial charge in [0, 0.05) is 17.8 Å². The molecule has 1 unspecified atom stereocenters. The van der Waals surface area contributed by atoms with Crippen LogP contribution in [-0.2, 0) is 13.1 Å². The molecule has 1 saturated heterocycles. The SMILES string of the molecule is Cl.Cl.NCc1nc(CN2CCCCC2c2cn[nH]c2)no1. The average Bonchev–Trinajstić information content (AvgIpc) is 3.10. The van der Waals surface area contributed by atoms with Crippen molar-refractivity contribution in [2.45, 2.75) is 38.4 Å². The summed E-state index contributed by atoms with van der Waals surface area (Å²) in [5.41, 5.74) is 6.70. The third-order valence-electron chi connectivity index (χ3n) is 3.55. The Morgan fingerprint density at radius 3 is 2.90 bits per heavy atom. The number of aromatic amines is 1. The summed E-state index contributed by atoms with van der Waals surface area (Å²) in [6, 6.07) is 0.382. The van der Waals surface area contributed by atoms with Gasteiger partial charge in [-0.25, -0.2) is 0 Å². The van der Waals surface area contributed by atoms with Crippen molar-refractivity contribution < 1.29 is 4.52 Å². The Balaban J connectivity index is 0.00000110. The number of nitrogens with two attached hydrogens (primary N) is 1. The quantitative estimate of drug-likeness (QED) is 0.885. The molecule has 1 aliphatic heterocycles. The van der Waals surface area contributed by atoms with Crippen molar-refractivity contribution in [3.63, 3.8) is 0 Å². The Morgan fingerprint density at radius 2 is 2.24 bits per heavy atom. The lowest BCUT2D eigenvalue weighted by atomic mass is 9.97. The van der Waals surface area contributed by atoms with Gasteiger partial charge in [-0.3, -0.25) is 10.00 Å². The molecule has 1 atom stereocenters. The minimum atomic E-state index is 0. The number of likely N-dealkylation sites (tertiary alicyclic amines) is 1. The van der Waals surface area contributed by atoms with Gasteiger partial charge in [-0.05, 0) is 19.4 Å². The maximum atomic E-state index is 5.48. The lowest BCUT2D eigenvalue weighted by Crippen LogP contribution is -2.33. The van der Waals surface area contributed by atoms with Gasteiger partial charge in [-0.2, -0.15) is 10.1 Å². The maximum absolute atomic E-state index is 5.48. The highest BCUT2D eigenvalue weighted by molar-refractivity contribution is 5.85. The molecule has 0 radical (unpaired) electrons. The Hall–Kier alpha value is -1.15. The van der Waals surface area contributed by atoms with Crippen molar-refractivity contribution in [1.29, 1.82) is 0 Å². The van der Waals surface area contributed by atoms with Gasteiger partial charge in [0.15, 0.2) is 5.82 Å². The zero-order chi connectivity index (χ0) is 13.1. The van der Waals surface area contributed by atoms with Crippen LogP contribution in [0.4, 0.5) is 0 Å². The van der Waals surface area contributed by atoms with Crippen molar-refractivity contribution in [2.75, 3.05) is 6.54 Å². The van der Waals surface area contributed by atoms with Crippen LogP contribution in [0.5, 0.6) is 0 Å². The Labute approximate surface area is 135 Å². The van der Waals surface area contributed by atoms with E-state index in [1.165, 1.54) is 18.4 Å². The summed E-state index contributed by atoms with van der Waals surface area (Å²) in [5, 5.41) is 10.9. The van der Waals surface area contributed by atoms with Crippen LogP contribution >= 0.6 is 24.8 Å². The van der Waals surface area contributed by atoms with Crippen LogP contribution in [0.2, 0.25) is 0 Å². The number of hydrogen-bond donors (Lipinski definition) is 2. The zero-order valence-electron chi connectivity index (χ0n) is 11.6. The fourth-order valence-corrected chi connectivity index (χ4v) is 2.62. The van der Waals surface area contributed by atoms with E-state index >= 15 is 0 Å². The van der Waals surface area contributed by atoms with Crippen molar-refractivity contribution >= 4 is 24.8 Å². The van der Waals surface area contributed by atoms with E-state index in [9.17, 15) is 0 Å². The molecule has 7 nitrogen and oxygen atoms in total. The van der Waals surface area contributed by atoms with E-state index in [-0.39, 0.29) is 31.4 Å². The largest absolute Gasteiger partial charge is 0.338 e. The lowest BCUT2D eigenvalue weighted by Gasteiger charge is -2.34. The number of nitrogens with one attached hydrogen (secondary N) is 1. The van der Waals surface area contributed by atoms with Gasteiger partial charge < -0.3 is 10.3 Å². The van der Waals surface area contributed by atoms with E-state index < -0.39 is 0 Å². The van der Waals surface area contributed by atoms with Crippen molar-refractivity contribution in [1.82, 2.24) is 25.2 Å². The number of H-pyrrole nitrogens is 1. The molecule has 1 aliphatic rings. The molecule has 3 heterocycles. The minimum Gasteiger partial charge on any atom is -0.338 e. The van der Waals surface area contributed by atoms with E-state index in [0.717, 1.165) is 13.0 Å². The molecule has 9 heteroatoms. The predicted molar refractivity (Wildman–Crippen MR) is 82.3 cm³/mol. The van der Waals surface area contributed by atoms with Crippen LogP contribution in [0, 0.1) is 0 Å². The van der Waals surface area contributed by atoms with E-state index in [1.807, 2.05) is 12.4 Å². The van der Waals surface area contributed by atoms with Crippen LogP contribution in [0.3, 0.4) is 0 Å². The van der Waals surface area contributed by atoms with Gasteiger partial charge in [0.05, 0.1) is 19.3 Å². The average molecular weight is 335 g/mol. The number of halogens is 2. The molecule has 21 heavy (non-hydrogen) atoms. The second kappa shape index (κ2) is 8.33. The number of nitrogens with zero attached hydrogens (tertiary/aromatic N) is 4. The smallest absolute Gasteiger partial charge is 0.240 e. The maximum Gasteiger partial charge on any atom is 0.240 e. The first-order valence-corrected chi connectivity index (χ1v) is 6.61. The summed E-state index contributed by atoms with van der Waals surface area (Å²) < 4.78 is 5.05. The summed E-state index contributed by atoms with van der Waals surface area (Å²) >= 11 is 0. The molecule has 0 saturated carbocycles. The summed E-state index contributed by atoms with van der Waals surface area (Å²) in [4.78, 5) is 6.65. The molecule has 3 rings (SSSR count). The topological polar surface area (TPSA) is 96.9 Å². The van der Waals surface area contributed by atoms with Crippen molar-refractivity contribution in [2.24, 2.45) is 5.73 Å². The first-order valence-electron chi connectivity index (χ1n) is 6.61. The molecule has 0 amide bonds. The van der Waals surface area contributed by atoms with E-state index in [4.69, 9.17) is 10.3 Å². The highest BCUT2D eigenvalue weighted by Crippen LogP contribution is 2.31. The number of piperidine rings is 1. The van der Waals surface area contributed by atoms with E-state index in [0.29, 0.717) is 24.3 Å². The molecule has 2 aromatic rings. The van der Waals surface area contributed by atoms with Gasteiger partial charge in [-0.15, -0.1) is 24.8 Å². The fraction of sp³-hybridized carbons (Fsp3) is 0.583. The molecule has 118 valence electrons. The number of aromatic nitrogens is 4. The second-order valence-electron chi connectivity index (χ2n) is 4.82. The summed E-state index contributed by atoms with van der Waals surface area (Å²) in [7, 11) is 0. The predicted octanol–water partition coefficient (Wildman–Crippen LogP) is 1.82. The van der Waals surface area contributed by atoms with Crippen LogP contribution in [-0.4, -0.2) is 31.8 Å². The molecule has 2 aromatic heterocycles. The molecule has 0 bridgehead atoms. The molecular weight excluding hydrogens is 315 g/mol. The van der Waals surface area contributed by atoms with Crippen LogP contribution in [0.15, 0.2) is 16.9 Å². The third kappa shape index (κ3) is 4.16. The third-order valence-corrected chi connectivity index (χ3v) is 3.55. The molecule has 1 fully saturated rings. The Kier molecular flexibility index (Phi) is 7.10. The lowest BCUT2D eigenvalue weighted by molar-refractivity contribution is 0.135. The normalized spacial score (nSPS) is 18.8. The summed E-state index contributed by atoms with van der Waals surface area (Å²) in [6.07, 6.45) is 7.44. The van der Waals surface area contributed by atoms with Gasteiger partial charge in [0.2, 0.25) is 5.89 Å². The van der Waals surface area contributed by atoms with Gasteiger partial charge in [0.1, 0.15) is 0 Å². The van der Waals surface area contributed by atoms with Gasteiger partial charge in [-0.1, -0.05) is 11.6 Å². The van der Waals surface area contributed by atoms with Gasteiger partial charge in [0.25, 0.3) is 0 Å². The van der Waals surface area contributed by atoms with Crippen molar-refractivity contribution in [3.05, 3.63) is 29.7 Å². The van der Waals surface area contributed by atoms with Crippen LogP contribution in [0.25, 0.3) is 0 Å². The zero-order valence-corrected chi connectivity index (χ0v) is 13.2. The Bertz CT molecular complexity index is 518. The fourth-order valence-electron chi connectivity index (χ4n) is 2.62. The van der Waals surface area contributed by atoms with E-state index in [2.05, 4.69) is 25.2 Å². The number of rotatable bonds is 4. The van der Waals surface area contributed by atoms with Gasteiger partial charge >= 0.3 is 0 Å². The molecular formula is C12H20Cl2N6O. The number of hydrogen-bond acceptors (Lipinski definition) is 6. The second-order valence-corrected chi connectivity index (χ2v) is 4.82. The molecule has 0 aliphatic carbocycles. The minimum absolute atomic E-state index is 0. The standard InChI is InChI=1S/C12H18N6O.2ClH/c13-5-12-16-11(17-19-12)8-18-4-2-1-3-10(18)9-6-14-15-7-9;;/h6-7,10H,1-5,8,13H2,(H,14,15);2*1H. The van der Waals surface area contributed by atoms with Crippen LogP contribution < -0.4 is 5.73 Å². The summed E-state index contributed by atoms with van der Waals surface area (Å²) in [6.45, 7) is 2.03. The highest BCUT2D eigenvalue weighted by Gasteiger charge is 2.25. The summed E-state index contributed by atoms with van der Waals surface area (Å²) in [5.74, 6) is 1.20. The molecule has 0 aromatic carbocycles. The monoisotopic (exact) mass is 334 g/mol.